The molecular weight excluding hydrogens is 249 g/mol. The molecule has 0 saturated heterocycles. The molecule has 0 saturated carbocycles. The average molecular weight is 260 g/mol. The summed E-state index contributed by atoms with van der Waals surface area (Å²) < 4.78 is 6.99. The number of pyridine rings is 1. The molecule has 6 heteroatoms. The fraction of sp³-hybridized carbons (Fsp3) is 0.400. The number of imidazole rings is 1. The van der Waals surface area contributed by atoms with Gasteiger partial charge in [0.15, 0.2) is 5.65 Å². The number of methoxy groups -OCH3 is 1. The SMILES string of the molecule is COCCn1c(CCl)nc2cc(Cl)cnc21. The van der Waals surface area contributed by atoms with Gasteiger partial charge in [-0.05, 0) is 6.07 Å². The van der Waals surface area contributed by atoms with Gasteiger partial charge in [0, 0.05) is 19.9 Å². The van der Waals surface area contributed by atoms with E-state index in [1.165, 1.54) is 0 Å². The molecule has 0 aliphatic rings. The second-order valence-electron chi connectivity index (χ2n) is 3.30. The number of rotatable bonds is 4. The largest absolute Gasteiger partial charge is 0.383 e. The zero-order chi connectivity index (χ0) is 11.5. The van der Waals surface area contributed by atoms with Crippen molar-refractivity contribution in [3.05, 3.63) is 23.1 Å². The maximum atomic E-state index is 5.86. The minimum atomic E-state index is 0.345. The molecule has 0 atom stereocenters. The summed E-state index contributed by atoms with van der Waals surface area (Å²) >= 11 is 11.7. The lowest BCUT2D eigenvalue weighted by atomic mass is 10.4. The third-order valence-electron chi connectivity index (χ3n) is 2.27. The standard InChI is InChI=1S/C10H11Cl2N3O/c1-16-3-2-15-9(5-11)14-8-4-7(12)6-13-10(8)15/h4,6H,2-3,5H2,1H3. The van der Waals surface area contributed by atoms with E-state index < -0.39 is 0 Å². The van der Waals surface area contributed by atoms with E-state index in [1.807, 2.05) is 4.57 Å². The maximum absolute atomic E-state index is 5.86. The minimum Gasteiger partial charge on any atom is -0.383 e. The van der Waals surface area contributed by atoms with Crippen molar-refractivity contribution in [1.82, 2.24) is 14.5 Å². The van der Waals surface area contributed by atoms with Crippen LogP contribution in [0.2, 0.25) is 5.02 Å². The van der Waals surface area contributed by atoms with Gasteiger partial charge in [-0.3, -0.25) is 0 Å². The molecular formula is C10H11Cl2N3O. The maximum Gasteiger partial charge on any atom is 0.160 e. The number of halogens is 2. The Morgan fingerprint density at radius 3 is 3.00 bits per heavy atom. The van der Waals surface area contributed by atoms with Crippen LogP contribution in [0.3, 0.4) is 0 Å². The number of hydrogen-bond acceptors (Lipinski definition) is 3. The molecule has 2 heterocycles. The summed E-state index contributed by atoms with van der Waals surface area (Å²) in [6.45, 7) is 1.28. The highest BCUT2D eigenvalue weighted by Gasteiger charge is 2.10. The topological polar surface area (TPSA) is 39.9 Å². The average Bonchev–Trinajstić information content (AvgIpc) is 2.63. The van der Waals surface area contributed by atoms with Gasteiger partial charge in [0.1, 0.15) is 11.3 Å². The van der Waals surface area contributed by atoms with E-state index in [2.05, 4.69) is 9.97 Å². The number of alkyl halides is 1. The van der Waals surface area contributed by atoms with E-state index in [4.69, 9.17) is 27.9 Å². The number of ether oxygens (including phenoxy) is 1. The Labute approximate surface area is 103 Å². The zero-order valence-electron chi connectivity index (χ0n) is 8.78. The van der Waals surface area contributed by atoms with Crippen molar-refractivity contribution >= 4 is 34.4 Å². The van der Waals surface area contributed by atoms with Crippen LogP contribution in [0.1, 0.15) is 5.82 Å². The molecule has 4 nitrogen and oxygen atoms in total. The lowest BCUT2D eigenvalue weighted by Crippen LogP contribution is -2.07. The minimum absolute atomic E-state index is 0.345. The molecule has 0 aromatic carbocycles. The van der Waals surface area contributed by atoms with Gasteiger partial charge in [-0.1, -0.05) is 11.6 Å². The zero-order valence-corrected chi connectivity index (χ0v) is 10.3. The Morgan fingerprint density at radius 2 is 2.31 bits per heavy atom. The first-order chi connectivity index (χ1) is 7.76. The van der Waals surface area contributed by atoms with Crippen molar-refractivity contribution in [2.45, 2.75) is 12.4 Å². The van der Waals surface area contributed by atoms with Crippen LogP contribution >= 0.6 is 23.2 Å². The number of nitrogens with zero attached hydrogens (tertiary/aromatic N) is 3. The van der Waals surface area contributed by atoms with Crippen LogP contribution in [0.5, 0.6) is 0 Å². The third-order valence-corrected chi connectivity index (χ3v) is 2.71. The molecule has 0 radical (unpaired) electrons. The van der Waals surface area contributed by atoms with E-state index >= 15 is 0 Å². The van der Waals surface area contributed by atoms with Gasteiger partial charge in [-0.2, -0.15) is 0 Å². The normalized spacial score (nSPS) is 11.2. The van der Waals surface area contributed by atoms with E-state index in [9.17, 15) is 0 Å². The van der Waals surface area contributed by atoms with Crippen molar-refractivity contribution in [2.75, 3.05) is 13.7 Å². The summed E-state index contributed by atoms with van der Waals surface area (Å²) in [5.41, 5.74) is 1.55. The van der Waals surface area contributed by atoms with Gasteiger partial charge in [0.25, 0.3) is 0 Å². The Kier molecular flexibility index (Phi) is 3.63. The third kappa shape index (κ3) is 2.14. The van der Waals surface area contributed by atoms with Gasteiger partial charge in [-0.15, -0.1) is 11.6 Å². The first-order valence-corrected chi connectivity index (χ1v) is 5.73. The van der Waals surface area contributed by atoms with Crippen LogP contribution in [0.25, 0.3) is 11.2 Å². The molecule has 0 fully saturated rings. The fourth-order valence-corrected chi connectivity index (χ4v) is 1.91. The smallest absolute Gasteiger partial charge is 0.160 e. The summed E-state index contributed by atoms with van der Waals surface area (Å²) in [4.78, 5) is 8.63. The molecule has 86 valence electrons. The van der Waals surface area contributed by atoms with Crippen molar-refractivity contribution in [3.8, 4) is 0 Å². The molecule has 0 amide bonds. The first-order valence-electron chi connectivity index (χ1n) is 4.82. The van der Waals surface area contributed by atoms with Crippen LogP contribution < -0.4 is 0 Å². The highest BCUT2D eigenvalue weighted by Crippen LogP contribution is 2.18. The van der Waals surface area contributed by atoms with Gasteiger partial charge in [-0.25, -0.2) is 9.97 Å². The van der Waals surface area contributed by atoms with Crippen LogP contribution in [0, 0.1) is 0 Å². The second kappa shape index (κ2) is 4.99. The number of fused-ring (bicyclic) bond motifs is 1. The first kappa shape index (κ1) is 11.6. The summed E-state index contributed by atoms with van der Waals surface area (Å²) in [6.07, 6.45) is 1.60. The molecule has 0 bridgehead atoms. The lowest BCUT2D eigenvalue weighted by Gasteiger charge is -2.05. The Balaban J connectivity index is 2.50. The Morgan fingerprint density at radius 1 is 1.50 bits per heavy atom. The summed E-state index contributed by atoms with van der Waals surface area (Å²) in [7, 11) is 1.66. The molecule has 2 aromatic rings. The highest BCUT2D eigenvalue weighted by molar-refractivity contribution is 6.31. The van der Waals surface area contributed by atoms with E-state index in [-0.39, 0.29) is 0 Å². The van der Waals surface area contributed by atoms with Crippen molar-refractivity contribution < 1.29 is 4.74 Å². The molecule has 0 unspecified atom stereocenters. The van der Waals surface area contributed by atoms with Gasteiger partial charge >= 0.3 is 0 Å². The second-order valence-corrected chi connectivity index (χ2v) is 4.01. The predicted molar refractivity (Wildman–Crippen MR) is 64.0 cm³/mol. The predicted octanol–water partition coefficient (Wildman–Crippen LogP) is 2.47. The van der Waals surface area contributed by atoms with Gasteiger partial charge < -0.3 is 9.30 Å². The van der Waals surface area contributed by atoms with Crippen molar-refractivity contribution in [3.63, 3.8) is 0 Å². The van der Waals surface area contributed by atoms with Crippen molar-refractivity contribution in [2.24, 2.45) is 0 Å². The molecule has 16 heavy (non-hydrogen) atoms. The van der Waals surface area contributed by atoms with Crippen LogP contribution in [-0.2, 0) is 17.2 Å². The van der Waals surface area contributed by atoms with Crippen LogP contribution in [-0.4, -0.2) is 28.3 Å². The summed E-state index contributed by atoms with van der Waals surface area (Å²) in [5.74, 6) is 1.13. The fourth-order valence-electron chi connectivity index (χ4n) is 1.55. The van der Waals surface area contributed by atoms with E-state index in [0.29, 0.717) is 24.1 Å². The monoisotopic (exact) mass is 259 g/mol. The molecule has 0 N–H and O–H groups in total. The number of aromatic nitrogens is 3. The summed E-state index contributed by atoms with van der Waals surface area (Å²) in [6, 6.07) is 1.78. The molecule has 2 aromatic heterocycles. The quantitative estimate of drug-likeness (QED) is 0.793. The highest BCUT2D eigenvalue weighted by atomic mass is 35.5. The van der Waals surface area contributed by atoms with E-state index in [1.54, 1.807) is 19.4 Å². The molecule has 2 rings (SSSR count). The summed E-state index contributed by atoms with van der Waals surface area (Å²) in [5, 5.41) is 0.574. The Bertz CT molecular complexity index is 498. The van der Waals surface area contributed by atoms with Gasteiger partial charge in [0.05, 0.1) is 17.5 Å². The van der Waals surface area contributed by atoms with Crippen LogP contribution in [0.15, 0.2) is 12.3 Å². The Hall–Kier alpha value is -0.840. The van der Waals surface area contributed by atoms with Gasteiger partial charge in [0.2, 0.25) is 0 Å². The lowest BCUT2D eigenvalue weighted by molar-refractivity contribution is 0.187. The van der Waals surface area contributed by atoms with Crippen molar-refractivity contribution in [1.29, 1.82) is 0 Å². The number of hydrogen-bond donors (Lipinski definition) is 0. The molecule has 0 aliphatic heterocycles. The van der Waals surface area contributed by atoms with E-state index in [0.717, 1.165) is 17.0 Å². The molecule has 0 aliphatic carbocycles. The molecule has 0 spiro atoms. The van der Waals surface area contributed by atoms with Crippen LogP contribution in [0.4, 0.5) is 0 Å².